The second-order valence-electron chi connectivity index (χ2n) is 5.30. The van der Waals surface area contributed by atoms with Gasteiger partial charge in [-0.15, -0.1) is 5.10 Å². The minimum Gasteiger partial charge on any atom is -0.461 e. The van der Waals surface area contributed by atoms with Gasteiger partial charge in [-0.2, -0.15) is 0 Å². The first kappa shape index (κ1) is 15.7. The molecule has 0 atom stereocenters. The number of aromatic nitrogens is 3. The van der Waals surface area contributed by atoms with E-state index >= 15 is 0 Å². The van der Waals surface area contributed by atoms with Crippen LogP contribution in [0.15, 0.2) is 28.7 Å². The molecule has 0 N–H and O–H groups in total. The molecule has 0 radical (unpaired) electrons. The lowest BCUT2D eigenvalue weighted by atomic mass is 10.2. The van der Waals surface area contributed by atoms with Crippen LogP contribution in [-0.2, 0) is 11.3 Å². The number of hydrogen-bond acceptors (Lipinski definition) is 4. The molecule has 0 saturated heterocycles. The molecule has 2 rings (SSSR count). The molecule has 112 valence electrons. The number of carbonyl (C=O) groups excluding carboxylic acids is 1. The van der Waals surface area contributed by atoms with Crippen molar-refractivity contribution in [1.29, 1.82) is 0 Å². The van der Waals surface area contributed by atoms with Gasteiger partial charge in [0.05, 0.1) is 18.8 Å². The molecule has 1 heterocycles. The van der Waals surface area contributed by atoms with Crippen LogP contribution in [0.4, 0.5) is 0 Å². The molecule has 0 spiro atoms. The van der Waals surface area contributed by atoms with E-state index in [9.17, 15) is 4.79 Å². The van der Waals surface area contributed by atoms with E-state index in [1.807, 2.05) is 45.0 Å². The molecule has 0 bridgehead atoms. The summed E-state index contributed by atoms with van der Waals surface area (Å²) in [4.78, 5) is 11.9. The molecule has 6 heteroatoms. The topological polar surface area (TPSA) is 57.0 Å². The van der Waals surface area contributed by atoms with Crippen LogP contribution in [0.3, 0.4) is 0 Å². The van der Waals surface area contributed by atoms with Crippen LogP contribution in [0, 0.1) is 12.8 Å². The minimum absolute atomic E-state index is 0.283. The van der Waals surface area contributed by atoms with Crippen molar-refractivity contribution in [3.05, 3.63) is 45.7 Å². The number of halogens is 1. The molecule has 0 amide bonds. The Hall–Kier alpha value is -1.69. The van der Waals surface area contributed by atoms with Crippen LogP contribution in [0.5, 0.6) is 0 Å². The lowest BCUT2D eigenvalue weighted by molar-refractivity contribution is 0.0451. The zero-order valence-corrected chi connectivity index (χ0v) is 13.9. The third kappa shape index (κ3) is 4.14. The minimum atomic E-state index is -0.415. The van der Waals surface area contributed by atoms with Gasteiger partial charge in [0.15, 0.2) is 5.69 Å². The molecule has 0 saturated carbocycles. The molecule has 2 aromatic rings. The zero-order chi connectivity index (χ0) is 15.4. The Morgan fingerprint density at radius 2 is 2.19 bits per heavy atom. The van der Waals surface area contributed by atoms with Crippen molar-refractivity contribution in [2.45, 2.75) is 27.3 Å². The predicted molar refractivity (Wildman–Crippen MR) is 83.1 cm³/mol. The molecular weight excluding hydrogens is 334 g/mol. The Balaban J connectivity index is 2.11. The maximum Gasteiger partial charge on any atom is 0.360 e. The smallest absolute Gasteiger partial charge is 0.360 e. The summed E-state index contributed by atoms with van der Waals surface area (Å²) in [5.41, 5.74) is 2.08. The second kappa shape index (κ2) is 6.85. The van der Waals surface area contributed by atoms with Crippen molar-refractivity contribution < 1.29 is 9.53 Å². The lowest BCUT2D eigenvalue weighted by Gasteiger charge is -2.06. The molecule has 0 aliphatic carbocycles. The van der Waals surface area contributed by atoms with Gasteiger partial charge in [-0.25, -0.2) is 9.48 Å². The highest BCUT2D eigenvalue weighted by molar-refractivity contribution is 9.10. The van der Waals surface area contributed by atoms with Crippen molar-refractivity contribution in [2.75, 3.05) is 6.61 Å². The number of carbonyl (C=O) groups is 1. The Bertz CT molecular complexity index is 638. The predicted octanol–water partition coefficient (Wildman–Crippen LogP) is 3.21. The monoisotopic (exact) mass is 351 g/mol. The summed E-state index contributed by atoms with van der Waals surface area (Å²) >= 11 is 3.44. The number of hydrogen-bond donors (Lipinski definition) is 0. The highest BCUT2D eigenvalue weighted by Gasteiger charge is 2.18. The molecule has 5 nitrogen and oxygen atoms in total. The summed E-state index contributed by atoms with van der Waals surface area (Å²) in [6, 6.07) is 7.94. The number of ether oxygens (including phenoxy) is 1. The van der Waals surface area contributed by atoms with Crippen molar-refractivity contribution in [3.8, 4) is 0 Å². The van der Waals surface area contributed by atoms with Crippen molar-refractivity contribution in [1.82, 2.24) is 15.0 Å². The molecule has 1 aromatic carbocycles. The molecule has 0 fully saturated rings. The number of nitrogens with zero attached hydrogens (tertiary/aromatic N) is 3. The van der Waals surface area contributed by atoms with E-state index in [4.69, 9.17) is 4.74 Å². The van der Waals surface area contributed by atoms with Gasteiger partial charge in [-0.3, -0.25) is 0 Å². The summed E-state index contributed by atoms with van der Waals surface area (Å²) in [5.74, 6) is -0.118. The van der Waals surface area contributed by atoms with Gasteiger partial charge in [0.25, 0.3) is 0 Å². The van der Waals surface area contributed by atoms with E-state index < -0.39 is 5.97 Å². The second-order valence-corrected chi connectivity index (χ2v) is 6.22. The van der Waals surface area contributed by atoms with Gasteiger partial charge >= 0.3 is 5.97 Å². The Kier molecular flexibility index (Phi) is 5.12. The third-order valence-corrected chi connectivity index (χ3v) is 3.44. The van der Waals surface area contributed by atoms with Gasteiger partial charge in [0.2, 0.25) is 0 Å². The first-order valence-corrected chi connectivity index (χ1v) is 7.58. The highest BCUT2D eigenvalue weighted by atomic mass is 79.9. The van der Waals surface area contributed by atoms with E-state index in [-0.39, 0.29) is 5.69 Å². The Morgan fingerprint density at radius 1 is 1.43 bits per heavy atom. The number of rotatable bonds is 5. The van der Waals surface area contributed by atoms with Crippen LogP contribution in [0.2, 0.25) is 0 Å². The zero-order valence-electron chi connectivity index (χ0n) is 12.3. The summed E-state index contributed by atoms with van der Waals surface area (Å²) < 4.78 is 7.90. The van der Waals surface area contributed by atoms with E-state index in [2.05, 4.69) is 26.2 Å². The van der Waals surface area contributed by atoms with Crippen molar-refractivity contribution >= 4 is 21.9 Å². The quantitative estimate of drug-likeness (QED) is 0.776. The first-order valence-electron chi connectivity index (χ1n) is 6.79. The SMILES string of the molecule is Cc1c(C(=O)OCC(C)C)nnn1Cc1cccc(Br)c1. The van der Waals surface area contributed by atoms with Crippen LogP contribution >= 0.6 is 15.9 Å². The lowest BCUT2D eigenvalue weighted by Crippen LogP contribution is -2.12. The number of benzene rings is 1. The summed E-state index contributed by atoms with van der Waals surface area (Å²) in [5, 5.41) is 7.98. The molecular formula is C15H18BrN3O2. The van der Waals surface area contributed by atoms with Gasteiger partial charge in [-0.1, -0.05) is 47.1 Å². The third-order valence-electron chi connectivity index (χ3n) is 2.95. The van der Waals surface area contributed by atoms with Crippen LogP contribution in [0.1, 0.15) is 35.6 Å². The van der Waals surface area contributed by atoms with E-state index in [0.29, 0.717) is 24.8 Å². The summed E-state index contributed by atoms with van der Waals surface area (Å²) in [7, 11) is 0. The fourth-order valence-electron chi connectivity index (χ4n) is 1.82. The van der Waals surface area contributed by atoms with E-state index in [1.54, 1.807) is 4.68 Å². The molecule has 0 aliphatic heterocycles. The molecule has 1 aromatic heterocycles. The van der Waals surface area contributed by atoms with Gasteiger partial charge in [0, 0.05) is 4.47 Å². The summed E-state index contributed by atoms with van der Waals surface area (Å²) in [6.45, 7) is 6.75. The number of esters is 1. The van der Waals surface area contributed by atoms with Crippen LogP contribution in [-0.4, -0.2) is 27.6 Å². The van der Waals surface area contributed by atoms with E-state index in [0.717, 1.165) is 10.0 Å². The van der Waals surface area contributed by atoms with Crippen molar-refractivity contribution in [2.24, 2.45) is 5.92 Å². The van der Waals surface area contributed by atoms with Gasteiger partial charge in [0.1, 0.15) is 0 Å². The van der Waals surface area contributed by atoms with Gasteiger partial charge in [-0.05, 0) is 30.5 Å². The standard InChI is InChI=1S/C15H18BrN3O2/c1-10(2)9-21-15(20)14-11(3)19(18-17-14)8-12-5-4-6-13(16)7-12/h4-7,10H,8-9H2,1-3H3. The van der Waals surface area contributed by atoms with Crippen LogP contribution in [0.25, 0.3) is 0 Å². The first-order chi connectivity index (χ1) is 9.97. The average Bonchev–Trinajstić information content (AvgIpc) is 2.78. The maximum absolute atomic E-state index is 11.9. The summed E-state index contributed by atoms with van der Waals surface area (Å²) in [6.07, 6.45) is 0. The average molecular weight is 352 g/mol. The Labute approximate surface area is 132 Å². The highest BCUT2D eigenvalue weighted by Crippen LogP contribution is 2.14. The Morgan fingerprint density at radius 3 is 2.86 bits per heavy atom. The normalized spacial score (nSPS) is 10.9. The maximum atomic E-state index is 11.9. The fourth-order valence-corrected chi connectivity index (χ4v) is 2.26. The van der Waals surface area contributed by atoms with Crippen molar-refractivity contribution in [3.63, 3.8) is 0 Å². The molecule has 0 unspecified atom stereocenters. The largest absolute Gasteiger partial charge is 0.461 e. The van der Waals surface area contributed by atoms with Gasteiger partial charge < -0.3 is 4.74 Å². The molecule has 0 aliphatic rings. The van der Waals surface area contributed by atoms with Crippen LogP contribution < -0.4 is 0 Å². The fraction of sp³-hybridized carbons (Fsp3) is 0.400. The molecule has 21 heavy (non-hydrogen) atoms. The van der Waals surface area contributed by atoms with E-state index in [1.165, 1.54) is 0 Å².